The van der Waals surface area contributed by atoms with Crippen molar-refractivity contribution in [3.05, 3.63) is 73.7 Å². The zero-order chi connectivity index (χ0) is 19.4. The standard InChI is InChI=1S/C16H12F2N4O4/c1-9(13-3-2-11(17)5-14(13)18)20-15(23)8-21-7-12(22(25)26)4-10(6-19)16(21)24/h2-5,7,9H,8H2,1H3,(H,20,23)/t9-/m1/s1. The second-order valence-electron chi connectivity index (χ2n) is 5.37. The van der Waals surface area contributed by atoms with Crippen LogP contribution in [-0.4, -0.2) is 15.4 Å². The molecule has 1 amide bonds. The second kappa shape index (κ2) is 7.52. The molecule has 8 nitrogen and oxygen atoms in total. The van der Waals surface area contributed by atoms with Crippen molar-refractivity contribution in [1.29, 1.82) is 5.26 Å². The lowest BCUT2D eigenvalue weighted by atomic mass is 10.1. The molecule has 0 radical (unpaired) electrons. The number of rotatable bonds is 5. The van der Waals surface area contributed by atoms with Gasteiger partial charge in [0.05, 0.1) is 17.2 Å². The first-order valence-electron chi connectivity index (χ1n) is 7.26. The molecule has 10 heteroatoms. The molecule has 0 unspecified atom stereocenters. The van der Waals surface area contributed by atoms with Gasteiger partial charge in [-0.1, -0.05) is 6.07 Å². The number of aromatic nitrogens is 1. The highest BCUT2D eigenvalue weighted by atomic mass is 19.1. The molecular weight excluding hydrogens is 350 g/mol. The number of pyridine rings is 1. The van der Waals surface area contributed by atoms with Gasteiger partial charge in [-0.05, 0) is 13.0 Å². The van der Waals surface area contributed by atoms with Gasteiger partial charge in [-0.2, -0.15) is 5.26 Å². The Morgan fingerprint density at radius 3 is 2.69 bits per heavy atom. The average molecular weight is 362 g/mol. The molecule has 1 atom stereocenters. The van der Waals surface area contributed by atoms with Gasteiger partial charge in [0, 0.05) is 17.7 Å². The fourth-order valence-corrected chi connectivity index (χ4v) is 2.29. The smallest absolute Gasteiger partial charge is 0.287 e. The predicted molar refractivity (Wildman–Crippen MR) is 85.0 cm³/mol. The van der Waals surface area contributed by atoms with Crippen LogP contribution in [0.2, 0.25) is 0 Å². The predicted octanol–water partition coefficient (Wildman–Crippen LogP) is 1.78. The first-order chi connectivity index (χ1) is 12.2. The first-order valence-corrected chi connectivity index (χ1v) is 7.26. The van der Waals surface area contributed by atoms with Gasteiger partial charge in [0.15, 0.2) is 0 Å². The van der Waals surface area contributed by atoms with Crippen LogP contribution in [0.3, 0.4) is 0 Å². The fraction of sp³-hybridized carbons (Fsp3) is 0.188. The summed E-state index contributed by atoms with van der Waals surface area (Å²) in [6.45, 7) is 0.841. The molecule has 0 aliphatic heterocycles. The Morgan fingerprint density at radius 2 is 2.12 bits per heavy atom. The Labute approximate surface area is 145 Å². The molecular formula is C16H12F2N4O4. The number of halogens is 2. The van der Waals surface area contributed by atoms with Gasteiger partial charge in [-0.15, -0.1) is 0 Å². The SMILES string of the molecule is C[C@@H](NC(=O)Cn1cc([N+](=O)[O-])cc(C#N)c1=O)c1ccc(F)cc1F. The zero-order valence-electron chi connectivity index (χ0n) is 13.4. The number of nitrogens with zero attached hydrogens (tertiary/aromatic N) is 3. The van der Waals surface area contributed by atoms with Gasteiger partial charge in [0.2, 0.25) is 5.91 Å². The average Bonchev–Trinajstić information content (AvgIpc) is 2.56. The van der Waals surface area contributed by atoms with E-state index < -0.39 is 51.9 Å². The van der Waals surface area contributed by atoms with Crippen molar-refractivity contribution in [2.24, 2.45) is 0 Å². The van der Waals surface area contributed by atoms with Gasteiger partial charge in [-0.25, -0.2) is 8.78 Å². The molecule has 134 valence electrons. The molecule has 0 fully saturated rings. The summed E-state index contributed by atoms with van der Waals surface area (Å²) in [4.78, 5) is 34.1. The van der Waals surface area contributed by atoms with Crippen LogP contribution in [0.1, 0.15) is 24.1 Å². The van der Waals surface area contributed by atoms with Crippen LogP contribution in [0.15, 0.2) is 35.3 Å². The summed E-state index contributed by atoms with van der Waals surface area (Å²) in [5.74, 6) is -2.36. The third-order valence-corrected chi connectivity index (χ3v) is 3.52. The van der Waals surface area contributed by atoms with Gasteiger partial charge < -0.3 is 5.32 Å². The summed E-state index contributed by atoms with van der Waals surface area (Å²) in [6.07, 6.45) is 0.839. The third kappa shape index (κ3) is 4.07. The Kier molecular flexibility index (Phi) is 5.42. The highest BCUT2D eigenvalue weighted by Gasteiger charge is 2.18. The van der Waals surface area contributed by atoms with Crippen LogP contribution in [0, 0.1) is 33.1 Å². The van der Waals surface area contributed by atoms with E-state index in [1.54, 1.807) is 0 Å². The number of carbonyl (C=O) groups excluding carboxylic acids is 1. The maximum Gasteiger partial charge on any atom is 0.287 e. The van der Waals surface area contributed by atoms with E-state index in [-0.39, 0.29) is 5.56 Å². The summed E-state index contributed by atoms with van der Waals surface area (Å²) >= 11 is 0. The fourth-order valence-electron chi connectivity index (χ4n) is 2.29. The van der Waals surface area contributed by atoms with Crippen LogP contribution in [0.25, 0.3) is 0 Å². The summed E-state index contributed by atoms with van der Waals surface area (Å²) in [5, 5.41) is 22.1. The topological polar surface area (TPSA) is 118 Å². The number of amides is 1. The highest BCUT2D eigenvalue weighted by Crippen LogP contribution is 2.17. The Hall–Kier alpha value is -3.61. The highest BCUT2D eigenvalue weighted by molar-refractivity contribution is 5.76. The molecule has 2 rings (SSSR count). The van der Waals surface area contributed by atoms with Crippen molar-refractivity contribution in [3.8, 4) is 6.07 Å². The minimum Gasteiger partial charge on any atom is -0.348 e. The number of nitriles is 1. The van der Waals surface area contributed by atoms with E-state index in [1.165, 1.54) is 19.1 Å². The van der Waals surface area contributed by atoms with E-state index in [4.69, 9.17) is 5.26 Å². The Balaban J connectivity index is 2.22. The normalized spacial score (nSPS) is 11.5. The quantitative estimate of drug-likeness (QED) is 0.642. The Morgan fingerprint density at radius 1 is 1.42 bits per heavy atom. The van der Waals surface area contributed by atoms with Crippen molar-refractivity contribution in [3.63, 3.8) is 0 Å². The van der Waals surface area contributed by atoms with Crippen molar-refractivity contribution in [2.75, 3.05) is 0 Å². The number of carbonyl (C=O) groups is 1. The van der Waals surface area contributed by atoms with Crippen LogP contribution in [-0.2, 0) is 11.3 Å². The lowest BCUT2D eigenvalue weighted by Crippen LogP contribution is -2.34. The molecule has 1 aromatic heterocycles. The molecule has 0 spiro atoms. The van der Waals surface area contributed by atoms with Crippen LogP contribution < -0.4 is 10.9 Å². The van der Waals surface area contributed by atoms with E-state index in [1.807, 2.05) is 0 Å². The summed E-state index contributed by atoms with van der Waals surface area (Å²) in [7, 11) is 0. The molecule has 1 aromatic carbocycles. The van der Waals surface area contributed by atoms with E-state index in [0.717, 1.165) is 22.9 Å². The number of nitrogens with one attached hydrogen (secondary N) is 1. The largest absolute Gasteiger partial charge is 0.348 e. The molecule has 0 bridgehead atoms. The summed E-state index contributed by atoms with van der Waals surface area (Å²) in [6, 6.07) is 4.37. The molecule has 26 heavy (non-hydrogen) atoms. The van der Waals surface area contributed by atoms with Crippen molar-refractivity contribution >= 4 is 11.6 Å². The van der Waals surface area contributed by atoms with E-state index >= 15 is 0 Å². The number of benzene rings is 1. The minimum absolute atomic E-state index is 0.0313. The van der Waals surface area contributed by atoms with Gasteiger partial charge in [0.25, 0.3) is 11.2 Å². The van der Waals surface area contributed by atoms with Gasteiger partial charge in [-0.3, -0.25) is 24.3 Å². The third-order valence-electron chi connectivity index (χ3n) is 3.52. The molecule has 0 aliphatic rings. The monoisotopic (exact) mass is 362 g/mol. The summed E-state index contributed by atoms with van der Waals surface area (Å²) < 4.78 is 27.4. The van der Waals surface area contributed by atoms with Crippen LogP contribution in [0.5, 0.6) is 0 Å². The maximum atomic E-state index is 13.7. The van der Waals surface area contributed by atoms with E-state index in [2.05, 4.69) is 5.32 Å². The molecule has 0 saturated heterocycles. The second-order valence-corrected chi connectivity index (χ2v) is 5.37. The van der Waals surface area contributed by atoms with Gasteiger partial charge >= 0.3 is 0 Å². The molecule has 0 saturated carbocycles. The molecule has 0 aliphatic carbocycles. The number of hydrogen-bond donors (Lipinski definition) is 1. The molecule has 2 aromatic rings. The number of hydrogen-bond acceptors (Lipinski definition) is 5. The molecule has 1 heterocycles. The van der Waals surface area contributed by atoms with Crippen molar-refractivity contribution in [2.45, 2.75) is 19.5 Å². The van der Waals surface area contributed by atoms with E-state index in [9.17, 15) is 28.5 Å². The van der Waals surface area contributed by atoms with Crippen LogP contribution in [0.4, 0.5) is 14.5 Å². The minimum atomic E-state index is -0.867. The zero-order valence-corrected chi connectivity index (χ0v) is 13.4. The first kappa shape index (κ1) is 18.7. The lowest BCUT2D eigenvalue weighted by molar-refractivity contribution is -0.385. The van der Waals surface area contributed by atoms with Crippen LogP contribution >= 0.6 is 0 Å². The van der Waals surface area contributed by atoms with Crippen molar-refractivity contribution in [1.82, 2.24) is 9.88 Å². The van der Waals surface area contributed by atoms with Crippen molar-refractivity contribution < 1.29 is 18.5 Å². The summed E-state index contributed by atoms with van der Waals surface area (Å²) in [5.41, 5.74) is -1.84. The lowest BCUT2D eigenvalue weighted by Gasteiger charge is -2.15. The molecule has 1 N–H and O–H groups in total. The Bertz CT molecular complexity index is 981. The van der Waals surface area contributed by atoms with E-state index in [0.29, 0.717) is 6.07 Å². The number of nitro groups is 1. The maximum absolute atomic E-state index is 13.7. The van der Waals surface area contributed by atoms with Gasteiger partial charge in [0.1, 0.15) is 29.8 Å².